The van der Waals surface area contributed by atoms with Gasteiger partial charge in [0.1, 0.15) is 11.9 Å². The number of para-hydroxylation sites is 1. The number of hydrogen-bond donors (Lipinski definition) is 3. The van der Waals surface area contributed by atoms with Crippen LogP contribution in [0.15, 0.2) is 114 Å². The number of anilines is 1. The number of nitrogens with zero attached hydrogens (tertiary/aromatic N) is 2. The molecule has 4 aromatic carbocycles. The van der Waals surface area contributed by atoms with Gasteiger partial charge in [0, 0.05) is 17.7 Å². The van der Waals surface area contributed by atoms with E-state index in [0.29, 0.717) is 29.8 Å². The van der Waals surface area contributed by atoms with Crippen molar-refractivity contribution in [3.05, 3.63) is 131 Å². The van der Waals surface area contributed by atoms with E-state index in [9.17, 15) is 28.6 Å². The maximum Gasteiger partial charge on any atom is 0.387 e. The SMILES string of the molecule is O=C(O)[C@@H](N=C(c1ccccc1)c1ccccc1NC(=O)[C@@H]1CCCN1Cc1ccccc1)[C@@H](O)c1ccc(OC(F)F)cc1. The predicted octanol–water partition coefficient (Wildman–Crippen LogP) is 5.92. The second-order valence-corrected chi connectivity index (χ2v) is 10.7. The summed E-state index contributed by atoms with van der Waals surface area (Å²) in [5.41, 5.74) is 3.02. The molecule has 0 spiro atoms. The Kier molecular flexibility index (Phi) is 10.3. The van der Waals surface area contributed by atoms with Crippen molar-refractivity contribution in [2.45, 2.75) is 44.2 Å². The van der Waals surface area contributed by atoms with Gasteiger partial charge in [-0.1, -0.05) is 91.0 Å². The lowest BCUT2D eigenvalue weighted by Gasteiger charge is -2.24. The van der Waals surface area contributed by atoms with E-state index < -0.39 is 24.7 Å². The van der Waals surface area contributed by atoms with Crippen molar-refractivity contribution in [2.24, 2.45) is 4.99 Å². The highest BCUT2D eigenvalue weighted by atomic mass is 19.3. The van der Waals surface area contributed by atoms with Crippen LogP contribution in [0, 0.1) is 0 Å². The Labute approximate surface area is 259 Å². The summed E-state index contributed by atoms with van der Waals surface area (Å²) in [6, 6.07) is 28.9. The van der Waals surface area contributed by atoms with Crippen molar-refractivity contribution in [3.63, 3.8) is 0 Å². The summed E-state index contributed by atoms with van der Waals surface area (Å²) >= 11 is 0. The summed E-state index contributed by atoms with van der Waals surface area (Å²) < 4.78 is 29.5. The molecule has 3 N–H and O–H groups in total. The Morgan fingerprint density at radius 3 is 2.22 bits per heavy atom. The molecule has 1 heterocycles. The van der Waals surface area contributed by atoms with Crippen LogP contribution in [0.2, 0.25) is 0 Å². The average molecular weight is 614 g/mol. The molecule has 0 saturated carbocycles. The fourth-order valence-corrected chi connectivity index (χ4v) is 5.47. The number of aliphatic hydroxyl groups excluding tert-OH is 1. The van der Waals surface area contributed by atoms with Crippen molar-refractivity contribution in [1.29, 1.82) is 0 Å². The molecule has 3 atom stereocenters. The van der Waals surface area contributed by atoms with Gasteiger partial charge >= 0.3 is 12.6 Å². The van der Waals surface area contributed by atoms with Gasteiger partial charge < -0.3 is 20.3 Å². The number of benzene rings is 4. The molecule has 1 saturated heterocycles. The van der Waals surface area contributed by atoms with E-state index in [1.54, 1.807) is 48.5 Å². The number of carbonyl (C=O) groups excluding carboxylic acids is 1. The maximum absolute atomic E-state index is 13.7. The number of nitrogens with one attached hydrogen (secondary N) is 1. The molecule has 0 radical (unpaired) electrons. The Balaban J connectivity index is 1.46. The van der Waals surface area contributed by atoms with E-state index >= 15 is 0 Å². The number of alkyl halides is 2. The third-order valence-corrected chi connectivity index (χ3v) is 7.65. The molecule has 1 aliphatic rings. The van der Waals surface area contributed by atoms with Crippen LogP contribution in [0.4, 0.5) is 14.5 Å². The van der Waals surface area contributed by atoms with Gasteiger partial charge in [-0.25, -0.2) is 4.79 Å². The minimum atomic E-state index is -3.02. The van der Waals surface area contributed by atoms with E-state index in [2.05, 4.69) is 19.9 Å². The fourth-order valence-electron chi connectivity index (χ4n) is 5.47. The van der Waals surface area contributed by atoms with Gasteiger partial charge in [0.25, 0.3) is 0 Å². The molecular formula is C35H33F2N3O5. The van der Waals surface area contributed by atoms with E-state index in [1.807, 2.05) is 36.4 Å². The van der Waals surface area contributed by atoms with Gasteiger partial charge in [0.05, 0.1) is 17.4 Å². The van der Waals surface area contributed by atoms with Crippen LogP contribution in [0.5, 0.6) is 5.75 Å². The van der Waals surface area contributed by atoms with Crippen LogP contribution >= 0.6 is 0 Å². The quantitative estimate of drug-likeness (QED) is 0.171. The molecular weight excluding hydrogens is 580 g/mol. The topological polar surface area (TPSA) is 111 Å². The number of halogens is 2. The number of carboxylic acid groups (broad SMARTS) is 1. The molecule has 1 amide bonds. The summed E-state index contributed by atoms with van der Waals surface area (Å²) in [6.45, 7) is -1.59. The number of ether oxygens (including phenoxy) is 1. The van der Waals surface area contributed by atoms with Crippen LogP contribution in [0.25, 0.3) is 0 Å². The monoisotopic (exact) mass is 613 g/mol. The molecule has 1 aliphatic heterocycles. The van der Waals surface area contributed by atoms with Crippen molar-refractivity contribution in [1.82, 2.24) is 4.90 Å². The molecule has 8 nitrogen and oxygen atoms in total. The highest BCUT2D eigenvalue weighted by molar-refractivity contribution is 6.17. The lowest BCUT2D eigenvalue weighted by atomic mass is 9.98. The van der Waals surface area contributed by atoms with Gasteiger partial charge in [-0.05, 0) is 48.7 Å². The zero-order valence-corrected chi connectivity index (χ0v) is 24.3. The van der Waals surface area contributed by atoms with Gasteiger partial charge in [0.2, 0.25) is 5.91 Å². The summed E-state index contributed by atoms with van der Waals surface area (Å²) in [7, 11) is 0. The van der Waals surface area contributed by atoms with Gasteiger partial charge in [-0.15, -0.1) is 0 Å². The summed E-state index contributed by atoms with van der Waals surface area (Å²) in [5.74, 6) is -1.70. The van der Waals surface area contributed by atoms with Crippen LogP contribution in [0.1, 0.15) is 41.2 Å². The molecule has 4 aromatic rings. The Bertz CT molecular complexity index is 1620. The Hall–Kier alpha value is -4.93. The van der Waals surface area contributed by atoms with Crippen molar-refractivity contribution in [3.8, 4) is 5.75 Å². The van der Waals surface area contributed by atoms with Crippen LogP contribution < -0.4 is 10.1 Å². The maximum atomic E-state index is 13.7. The zero-order chi connectivity index (χ0) is 31.8. The second-order valence-electron chi connectivity index (χ2n) is 10.7. The molecule has 0 aromatic heterocycles. The highest BCUT2D eigenvalue weighted by Gasteiger charge is 2.32. The third kappa shape index (κ3) is 7.97. The lowest BCUT2D eigenvalue weighted by Crippen LogP contribution is -2.39. The standard InChI is InChI=1S/C35H33F2N3O5/c36-35(37)45-26-19-17-25(18-20-26)32(41)31(34(43)44)39-30(24-12-5-2-6-13-24)27-14-7-8-15-28(27)38-33(42)29-16-9-21-40(29)22-23-10-3-1-4-11-23/h1-8,10-15,17-20,29,31-32,35,41H,9,16,21-22H2,(H,38,42)(H,43,44)/t29-,31-,32-/m0/s1. The first-order valence-electron chi connectivity index (χ1n) is 14.6. The van der Waals surface area contributed by atoms with Crippen LogP contribution in [-0.4, -0.2) is 57.9 Å². The molecule has 45 heavy (non-hydrogen) atoms. The van der Waals surface area contributed by atoms with E-state index in [1.165, 1.54) is 24.3 Å². The summed E-state index contributed by atoms with van der Waals surface area (Å²) in [5, 5.41) is 24.3. The second kappa shape index (κ2) is 14.7. The first kappa shape index (κ1) is 31.5. The molecule has 0 aliphatic carbocycles. The smallest absolute Gasteiger partial charge is 0.387 e. The Morgan fingerprint density at radius 2 is 1.56 bits per heavy atom. The molecule has 0 bridgehead atoms. The highest BCUT2D eigenvalue weighted by Crippen LogP contribution is 2.28. The number of aliphatic hydroxyl groups is 1. The molecule has 0 unspecified atom stereocenters. The minimum absolute atomic E-state index is 0.129. The molecule has 5 rings (SSSR count). The van der Waals surface area contributed by atoms with E-state index in [4.69, 9.17) is 0 Å². The van der Waals surface area contributed by atoms with Gasteiger partial charge in [0.15, 0.2) is 6.04 Å². The first-order valence-corrected chi connectivity index (χ1v) is 14.6. The Morgan fingerprint density at radius 1 is 0.911 bits per heavy atom. The summed E-state index contributed by atoms with van der Waals surface area (Å²) in [4.78, 5) is 32.8. The number of carboxylic acids is 1. The number of aliphatic imine (C=N–C) groups is 1. The average Bonchev–Trinajstić information content (AvgIpc) is 3.51. The fraction of sp³-hybridized carbons (Fsp3) is 0.229. The first-order chi connectivity index (χ1) is 21.8. The number of likely N-dealkylation sites (tertiary alicyclic amines) is 1. The number of rotatable bonds is 12. The van der Waals surface area contributed by atoms with Crippen molar-refractivity contribution in [2.75, 3.05) is 11.9 Å². The third-order valence-electron chi connectivity index (χ3n) is 7.65. The van der Waals surface area contributed by atoms with Gasteiger partial charge in [-0.3, -0.25) is 14.7 Å². The molecule has 10 heteroatoms. The lowest BCUT2D eigenvalue weighted by molar-refractivity contribution is -0.141. The predicted molar refractivity (Wildman–Crippen MR) is 166 cm³/mol. The zero-order valence-electron chi connectivity index (χ0n) is 24.3. The van der Waals surface area contributed by atoms with Crippen LogP contribution in [-0.2, 0) is 16.1 Å². The number of amides is 1. The molecule has 1 fully saturated rings. The minimum Gasteiger partial charge on any atom is -0.480 e. The van der Waals surface area contributed by atoms with Crippen molar-refractivity contribution < 1.29 is 33.3 Å². The number of hydrogen-bond acceptors (Lipinski definition) is 6. The largest absolute Gasteiger partial charge is 0.480 e. The normalized spacial score (nSPS) is 16.7. The number of aliphatic carboxylic acids is 1. The van der Waals surface area contributed by atoms with Crippen LogP contribution in [0.3, 0.4) is 0 Å². The van der Waals surface area contributed by atoms with E-state index in [-0.39, 0.29) is 29.0 Å². The number of carbonyl (C=O) groups is 2. The van der Waals surface area contributed by atoms with Gasteiger partial charge in [-0.2, -0.15) is 8.78 Å². The summed E-state index contributed by atoms with van der Waals surface area (Å²) in [6.07, 6.45) is -0.0281. The molecule has 232 valence electrons. The van der Waals surface area contributed by atoms with Crippen molar-refractivity contribution >= 4 is 23.3 Å². The van der Waals surface area contributed by atoms with E-state index in [0.717, 1.165) is 18.5 Å².